The van der Waals surface area contributed by atoms with Crippen molar-refractivity contribution in [3.05, 3.63) is 0 Å². The normalized spacial score (nSPS) is 12.1. The molecule has 44 heavy (non-hydrogen) atoms. The van der Waals surface area contributed by atoms with Gasteiger partial charge in [0.05, 0.1) is 19.4 Å². The third-order valence-corrected chi connectivity index (χ3v) is 15.4. The molecule has 0 aromatic rings. The van der Waals surface area contributed by atoms with Crippen LogP contribution < -0.4 is 22.1 Å². The van der Waals surface area contributed by atoms with Gasteiger partial charge in [-0.15, -0.1) is 0 Å². The first-order valence-electron chi connectivity index (χ1n) is 17.8. The van der Waals surface area contributed by atoms with Gasteiger partial charge in [0.15, 0.2) is 0 Å². The zero-order chi connectivity index (χ0) is 31.7. The van der Waals surface area contributed by atoms with E-state index in [2.05, 4.69) is 38.9 Å². The predicted molar refractivity (Wildman–Crippen MR) is 211 cm³/mol. The van der Waals surface area contributed by atoms with Crippen molar-refractivity contribution in [2.75, 3.05) is 68.9 Å². The van der Waals surface area contributed by atoms with Gasteiger partial charge in [-0.05, 0) is 12.8 Å². The molecule has 4 nitrogen and oxygen atoms in total. The Kier molecular flexibility index (Phi) is 40.5. The molecule has 268 valence electrons. The van der Waals surface area contributed by atoms with Crippen molar-refractivity contribution >= 4 is 58.2 Å². The molecule has 0 rings (SSSR count). The molecule has 0 aromatic heterocycles. The first kappa shape index (κ1) is 48.5. The van der Waals surface area contributed by atoms with Gasteiger partial charge >= 0.3 is 7.75 Å². The third kappa shape index (κ3) is 38.9. The minimum absolute atomic E-state index is 0. The predicted octanol–water partition coefficient (Wildman–Crippen LogP) is 10.2. The summed E-state index contributed by atoms with van der Waals surface area (Å²) in [5.74, 6) is 4.06. The standard InChI is InChI=1S/C33H72NO3P2S4.BrH/c1-6-8-10-12-14-16-18-20-22-24-30-40-42-32-27-36-39(35,34-26-29-38(3,4)5)37-28-33-43-41-31-25-23-21-19-17-15-13-11-9-7-2;/h6-33H2,1-5H3,(H,34,35);1H/q+1;/p-1. The first-order valence-corrected chi connectivity index (χ1v) is 27.6. The van der Waals surface area contributed by atoms with E-state index in [0.29, 0.717) is 19.8 Å². The van der Waals surface area contributed by atoms with Crippen LogP contribution in [0.3, 0.4) is 0 Å². The molecule has 0 saturated carbocycles. The zero-order valence-electron chi connectivity index (χ0n) is 29.4. The minimum atomic E-state index is -3.26. The van der Waals surface area contributed by atoms with Crippen molar-refractivity contribution in [3.63, 3.8) is 0 Å². The van der Waals surface area contributed by atoms with Crippen LogP contribution in [0.4, 0.5) is 0 Å². The van der Waals surface area contributed by atoms with Gasteiger partial charge in [0.2, 0.25) is 0 Å². The highest BCUT2D eigenvalue weighted by Crippen LogP contribution is 2.48. The lowest BCUT2D eigenvalue weighted by Crippen LogP contribution is -3.00. The average molecular weight is 801 g/mol. The Hall–Kier alpha value is 2.42. The molecule has 0 aliphatic rings. The van der Waals surface area contributed by atoms with E-state index in [1.807, 2.05) is 43.2 Å². The number of halogens is 1. The summed E-state index contributed by atoms with van der Waals surface area (Å²) in [6, 6.07) is 0. The van der Waals surface area contributed by atoms with Crippen LogP contribution in [-0.2, 0) is 13.6 Å². The maximum atomic E-state index is 13.4. The van der Waals surface area contributed by atoms with Gasteiger partial charge in [-0.2, -0.15) is 0 Å². The summed E-state index contributed by atoms with van der Waals surface area (Å²) < 4.78 is 25.1. The summed E-state index contributed by atoms with van der Waals surface area (Å²) in [6.45, 7) is 13.1. The van der Waals surface area contributed by atoms with Crippen LogP contribution in [0.5, 0.6) is 0 Å². The van der Waals surface area contributed by atoms with Crippen molar-refractivity contribution in [1.29, 1.82) is 0 Å². The van der Waals surface area contributed by atoms with E-state index in [4.69, 9.17) is 9.05 Å². The average Bonchev–Trinajstić information content (AvgIpc) is 2.96. The molecule has 0 aliphatic heterocycles. The van der Waals surface area contributed by atoms with Crippen molar-refractivity contribution in [3.8, 4) is 0 Å². The lowest BCUT2D eigenvalue weighted by atomic mass is 10.1. The van der Waals surface area contributed by atoms with Crippen LogP contribution in [0.25, 0.3) is 0 Å². The van der Waals surface area contributed by atoms with Crippen LogP contribution in [0.1, 0.15) is 142 Å². The van der Waals surface area contributed by atoms with Crippen LogP contribution in [0.2, 0.25) is 0 Å². The van der Waals surface area contributed by atoms with E-state index >= 15 is 0 Å². The van der Waals surface area contributed by atoms with Crippen molar-refractivity contribution in [2.45, 2.75) is 142 Å². The molecule has 0 aliphatic carbocycles. The van der Waals surface area contributed by atoms with Gasteiger partial charge in [-0.3, -0.25) is 9.05 Å². The fourth-order valence-electron chi connectivity index (χ4n) is 4.57. The summed E-state index contributed by atoms with van der Waals surface area (Å²) in [7, 11) is 3.33. The van der Waals surface area contributed by atoms with Crippen molar-refractivity contribution in [1.82, 2.24) is 5.09 Å². The molecule has 0 bridgehead atoms. The highest BCUT2D eigenvalue weighted by molar-refractivity contribution is 8.77. The molecule has 0 unspecified atom stereocenters. The van der Waals surface area contributed by atoms with E-state index in [1.54, 1.807) is 0 Å². The molecule has 0 amide bonds. The van der Waals surface area contributed by atoms with Crippen LogP contribution in [0.15, 0.2) is 0 Å². The van der Waals surface area contributed by atoms with E-state index in [0.717, 1.165) is 17.7 Å². The van der Waals surface area contributed by atoms with Crippen LogP contribution in [0, 0.1) is 0 Å². The molecule has 0 aromatic carbocycles. The minimum Gasteiger partial charge on any atom is -1.00 e. The molecule has 0 spiro atoms. The molecule has 11 heteroatoms. The van der Waals surface area contributed by atoms with Gasteiger partial charge in [0, 0.05) is 56.8 Å². The smallest absolute Gasteiger partial charge is 0.405 e. The number of hydrogen-bond acceptors (Lipinski definition) is 7. The van der Waals surface area contributed by atoms with Gasteiger partial charge in [-0.1, -0.05) is 173 Å². The second-order valence-electron chi connectivity index (χ2n) is 12.7. The number of unbranched alkanes of at least 4 members (excludes halogenated alkanes) is 18. The van der Waals surface area contributed by atoms with Gasteiger partial charge in [0.1, 0.15) is 0 Å². The van der Waals surface area contributed by atoms with E-state index in [1.165, 1.54) is 140 Å². The highest BCUT2D eigenvalue weighted by atomic mass is 79.9. The van der Waals surface area contributed by atoms with Gasteiger partial charge in [0.25, 0.3) is 0 Å². The second kappa shape index (κ2) is 36.7. The van der Waals surface area contributed by atoms with Crippen molar-refractivity contribution < 1.29 is 30.6 Å². The Morgan fingerprint density at radius 2 is 0.841 bits per heavy atom. The summed E-state index contributed by atoms with van der Waals surface area (Å²) in [5, 5.41) is 3.16. The monoisotopic (exact) mass is 799 g/mol. The Morgan fingerprint density at radius 3 is 1.18 bits per heavy atom. The molecular formula is C33H72BrNO3P2S4. The Labute approximate surface area is 303 Å². The Morgan fingerprint density at radius 1 is 0.523 bits per heavy atom. The Balaban J connectivity index is 0. The lowest BCUT2D eigenvalue weighted by molar-refractivity contribution is -0.0000143. The second-order valence-corrected chi connectivity index (χ2v) is 25.0. The largest absolute Gasteiger partial charge is 1.00 e. The molecule has 1 N–H and O–H groups in total. The maximum Gasteiger partial charge on any atom is 0.405 e. The quantitative estimate of drug-likeness (QED) is 0.0382. The van der Waals surface area contributed by atoms with E-state index in [9.17, 15) is 4.57 Å². The van der Waals surface area contributed by atoms with Crippen LogP contribution >= 0.6 is 58.2 Å². The third-order valence-electron chi connectivity index (χ3n) is 7.27. The summed E-state index contributed by atoms with van der Waals surface area (Å²) in [5.41, 5.74) is 0. The lowest BCUT2D eigenvalue weighted by Gasteiger charge is -2.20. The Bertz CT molecular complexity index is 584. The highest BCUT2D eigenvalue weighted by Gasteiger charge is 2.26. The molecular weight excluding hydrogens is 728 g/mol. The van der Waals surface area contributed by atoms with Gasteiger partial charge in [-0.25, -0.2) is 9.65 Å². The number of rotatable bonds is 36. The molecule has 0 heterocycles. The SMILES string of the molecule is CCCCCCCCCCCCSSCCOP(=O)(NCC[P+](C)(C)C)OCCSSCCCCCCCCCCCC.[Br-]. The van der Waals surface area contributed by atoms with E-state index < -0.39 is 15.0 Å². The molecule has 0 fully saturated rings. The summed E-state index contributed by atoms with van der Waals surface area (Å²) >= 11 is 0. The van der Waals surface area contributed by atoms with E-state index in [-0.39, 0.29) is 17.0 Å². The fraction of sp³-hybridized carbons (Fsp3) is 1.00. The molecule has 0 saturated heterocycles. The van der Waals surface area contributed by atoms with Gasteiger partial charge < -0.3 is 17.0 Å². The maximum absolute atomic E-state index is 13.4. The van der Waals surface area contributed by atoms with Crippen molar-refractivity contribution in [2.24, 2.45) is 0 Å². The van der Waals surface area contributed by atoms with Crippen LogP contribution in [-0.4, -0.2) is 68.9 Å². The number of nitrogens with one attached hydrogen (secondary N) is 1. The zero-order valence-corrected chi connectivity index (χ0v) is 36.1. The summed E-state index contributed by atoms with van der Waals surface area (Å²) in [6.07, 6.45) is 28.7. The molecule has 0 atom stereocenters. The fourth-order valence-corrected chi connectivity index (χ4v) is 11.0. The first-order chi connectivity index (χ1) is 20.8. The summed E-state index contributed by atoms with van der Waals surface area (Å²) in [4.78, 5) is 0. The number of hydrogen-bond donors (Lipinski definition) is 1. The topological polar surface area (TPSA) is 47.6 Å². The molecule has 0 radical (unpaired) electrons.